The Morgan fingerprint density at radius 3 is 2.52 bits per heavy atom. The molecule has 0 saturated carbocycles. The number of carboxylic acid groups (broad SMARTS) is 1. The van der Waals surface area contributed by atoms with Gasteiger partial charge in [-0.15, -0.1) is 11.8 Å². The number of aliphatic carboxylic acids is 1. The van der Waals surface area contributed by atoms with E-state index in [0.29, 0.717) is 11.4 Å². The summed E-state index contributed by atoms with van der Waals surface area (Å²) in [6.07, 6.45) is 4.81. The molecule has 0 spiro atoms. The number of nitrogens with one attached hydrogen (secondary N) is 2. The Bertz CT molecular complexity index is 639. The third kappa shape index (κ3) is 4.53. The van der Waals surface area contributed by atoms with Crippen LogP contribution in [0.2, 0.25) is 0 Å². The fourth-order valence-corrected chi connectivity index (χ4v) is 2.03. The van der Waals surface area contributed by atoms with Crippen LogP contribution in [0.15, 0.2) is 41.6 Å². The van der Waals surface area contributed by atoms with Gasteiger partial charge >= 0.3 is 12.0 Å². The highest BCUT2D eigenvalue weighted by Gasteiger charge is 2.06. The second kappa shape index (κ2) is 6.80. The second-order valence-corrected chi connectivity index (χ2v) is 5.01. The lowest BCUT2D eigenvalue weighted by atomic mass is 10.3. The van der Waals surface area contributed by atoms with Crippen LogP contribution in [0.3, 0.4) is 0 Å². The van der Waals surface area contributed by atoms with E-state index in [4.69, 9.17) is 5.11 Å². The summed E-state index contributed by atoms with van der Waals surface area (Å²) < 4.78 is 1.23. The normalized spacial score (nSPS) is 10.1. The van der Waals surface area contributed by atoms with E-state index < -0.39 is 12.0 Å². The lowest BCUT2D eigenvalue weighted by molar-refractivity contribution is -0.137. The average molecular weight is 306 g/mol. The van der Waals surface area contributed by atoms with Gasteiger partial charge in [-0.25, -0.2) is 4.79 Å². The zero-order valence-electron chi connectivity index (χ0n) is 11.2. The molecule has 0 saturated heterocycles. The maximum Gasteiger partial charge on any atom is 0.325 e. The van der Waals surface area contributed by atoms with Gasteiger partial charge in [0, 0.05) is 16.8 Å². The number of nitrogens with zero attached hydrogens (tertiary/aromatic N) is 2. The standard InChI is InChI=1S/C13H14N4O3S/c1-21-11-4-2-9(3-5-11)15-13(20)16-10-6-14-17(7-10)8-12(18)19/h2-7H,8H2,1H3,(H,18,19)(H2,15,16,20). The summed E-state index contributed by atoms with van der Waals surface area (Å²) >= 11 is 1.62. The summed E-state index contributed by atoms with van der Waals surface area (Å²) in [6, 6.07) is 7.01. The fraction of sp³-hybridized carbons (Fsp3) is 0.154. The molecule has 2 amide bonds. The first-order valence-electron chi connectivity index (χ1n) is 6.03. The molecule has 8 heteroatoms. The maximum atomic E-state index is 11.8. The molecular weight excluding hydrogens is 292 g/mol. The first-order chi connectivity index (χ1) is 10.1. The van der Waals surface area contributed by atoms with Crippen molar-refractivity contribution in [3.8, 4) is 0 Å². The van der Waals surface area contributed by atoms with Crippen LogP contribution in [0, 0.1) is 0 Å². The van der Waals surface area contributed by atoms with Gasteiger partial charge in [0.25, 0.3) is 0 Å². The predicted octanol–water partition coefficient (Wildman–Crippen LogP) is 2.33. The molecule has 110 valence electrons. The minimum atomic E-state index is -0.997. The number of hydrogen-bond acceptors (Lipinski definition) is 4. The number of urea groups is 1. The van der Waals surface area contributed by atoms with Crippen LogP contribution in [0.4, 0.5) is 16.2 Å². The number of benzene rings is 1. The number of hydrogen-bond donors (Lipinski definition) is 3. The van der Waals surface area contributed by atoms with Gasteiger partial charge in [-0.2, -0.15) is 5.10 Å². The lowest BCUT2D eigenvalue weighted by Crippen LogP contribution is -2.19. The lowest BCUT2D eigenvalue weighted by Gasteiger charge is -2.06. The highest BCUT2D eigenvalue weighted by atomic mass is 32.2. The predicted molar refractivity (Wildman–Crippen MR) is 80.7 cm³/mol. The van der Waals surface area contributed by atoms with Gasteiger partial charge in [-0.1, -0.05) is 0 Å². The number of carbonyl (C=O) groups is 2. The molecule has 1 heterocycles. The van der Waals surface area contributed by atoms with Gasteiger partial charge in [0.1, 0.15) is 6.54 Å². The van der Waals surface area contributed by atoms with Gasteiger partial charge < -0.3 is 15.7 Å². The van der Waals surface area contributed by atoms with Crippen molar-refractivity contribution in [2.75, 3.05) is 16.9 Å². The number of rotatable bonds is 5. The van der Waals surface area contributed by atoms with Crippen molar-refractivity contribution in [1.29, 1.82) is 0 Å². The van der Waals surface area contributed by atoms with E-state index in [9.17, 15) is 9.59 Å². The van der Waals surface area contributed by atoms with Gasteiger partial charge in [0.2, 0.25) is 0 Å². The van der Waals surface area contributed by atoms with Crippen LogP contribution in [0.25, 0.3) is 0 Å². The first-order valence-corrected chi connectivity index (χ1v) is 7.25. The molecule has 0 bridgehead atoms. The van der Waals surface area contributed by atoms with Crippen LogP contribution in [-0.2, 0) is 11.3 Å². The molecule has 0 aliphatic rings. The largest absolute Gasteiger partial charge is 0.480 e. The average Bonchev–Trinajstić information content (AvgIpc) is 2.85. The van der Waals surface area contributed by atoms with E-state index in [0.717, 1.165) is 4.90 Å². The number of carboxylic acids is 1. The third-order valence-corrected chi connectivity index (χ3v) is 3.28. The highest BCUT2D eigenvalue weighted by molar-refractivity contribution is 7.98. The van der Waals surface area contributed by atoms with Gasteiger partial charge in [-0.3, -0.25) is 9.48 Å². The molecule has 0 atom stereocenters. The molecule has 0 radical (unpaired) electrons. The molecular formula is C13H14N4O3S. The quantitative estimate of drug-likeness (QED) is 0.737. The monoisotopic (exact) mass is 306 g/mol. The molecule has 7 nitrogen and oxygen atoms in total. The Kier molecular flexibility index (Phi) is 4.83. The SMILES string of the molecule is CSc1ccc(NC(=O)Nc2cnn(CC(=O)O)c2)cc1. The van der Waals surface area contributed by atoms with Crippen LogP contribution in [0.5, 0.6) is 0 Å². The number of amides is 2. The zero-order valence-corrected chi connectivity index (χ0v) is 12.1. The van der Waals surface area contributed by atoms with Crippen molar-refractivity contribution in [3.63, 3.8) is 0 Å². The van der Waals surface area contributed by atoms with Crippen molar-refractivity contribution in [2.45, 2.75) is 11.4 Å². The summed E-state index contributed by atoms with van der Waals surface area (Å²) in [5.41, 5.74) is 1.10. The molecule has 0 aliphatic heterocycles. The van der Waals surface area contributed by atoms with Crippen molar-refractivity contribution in [1.82, 2.24) is 9.78 Å². The van der Waals surface area contributed by atoms with Crippen molar-refractivity contribution < 1.29 is 14.7 Å². The maximum absolute atomic E-state index is 11.8. The van der Waals surface area contributed by atoms with Gasteiger partial charge in [0.15, 0.2) is 0 Å². The molecule has 0 fully saturated rings. The van der Waals surface area contributed by atoms with Gasteiger partial charge in [0.05, 0.1) is 11.9 Å². The van der Waals surface area contributed by atoms with Crippen LogP contribution in [-0.4, -0.2) is 33.1 Å². The highest BCUT2D eigenvalue weighted by Crippen LogP contribution is 2.17. The molecule has 1 aromatic carbocycles. The Morgan fingerprint density at radius 1 is 1.24 bits per heavy atom. The van der Waals surface area contributed by atoms with Crippen molar-refractivity contribution in [2.24, 2.45) is 0 Å². The number of carbonyl (C=O) groups excluding carboxylic acids is 1. The van der Waals surface area contributed by atoms with E-state index in [1.807, 2.05) is 18.4 Å². The molecule has 3 N–H and O–H groups in total. The van der Waals surface area contributed by atoms with Crippen LogP contribution >= 0.6 is 11.8 Å². The van der Waals surface area contributed by atoms with Crippen molar-refractivity contribution >= 4 is 35.1 Å². The second-order valence-electron chi connectivity index (χ2n) is 4.13. The Labute approximate surface area is 125 Å². The fourth-order valence-electron chi connectivity index (χ4n) is 1.62. The smallest absolute Gasteiger partial charge is 0.325 e. The minimum absolute atomic E-state index is 0.251. The molecule has 0 unspecified atom stereocenters. The number of aromatic nitrogens is 2. The topological polar surface area (TPSA) is 96.3 Å². The summed E-state index contributed by atoms with van der Waals surface area (Å²) in [7, 11) is 0. The molecule has 21 heavy (non-hydrogen) atoms. The summed E-state index contributed by atoms with van der Waals surface area (Å²) in [5.74, 6) is -0.997. The molecule has 1 aromatic heterocycles. The van der Waals surface area contributed by atoms with E-state index >= 15 is 0 Å². The number of anilines is 2. The zero-order chi connectivity index (χ0) is 15.2. The Balaban J connectivity index is 1.91. The Morgan fingerprint density at radius 2 is 1.90 bits per heavy atom. The summed E-state index contributed by atoms with van der Waals surface area (Å²) in [6.45, 7) is -0.251. The number of thioether (sulfide) groups is 1. The van der Waals surface area contributed by atoms with E-state index in [2.05, 4.69) is 15.7 Å². The van der Waals surface area contributed by atoms with Gasteiger partial charge in [-0.05, 0) is 30.5 Å². The Hall–Kier alpha value is -2.48. The van der Waals surface area contributed by atoms with E-state index in [-0.39, 0.29) is 6.54 Å². The summed E-state index contributed by atoms with van der Waals surface area (Å²) in [5, 5.41) is 17.7. The van der Waals surface area contributed by atoms with E-state index in [1.165, 1.54) is 17.1 Å². The molecule has 0 aliphatic carbocycles. The minimum Gasteiger partial charge on any atom is -0.480 e. The van der Waals surface area contributed by atoms with Crippen LogP contribution < -0.4 is 10.6 Å². The summed E-state index contributed by atoms with van der Waals surface area (Å²) in [4.78, 5) is 23.4. The van der Waals surface area contributed by atoms with Crippen molar-refractivity contribution in [3.05, 3.63) is 36.7 Å². The van der Waals surface area contributed by atoms with E-state index in [1.54, 1.807) is 23.9 Å². The molecule has 2 aromatic rings. The molecule has 2 rings (SSSR count). The van der Waals surface area contributed by atoms with Crippen LogP contribution in [0.1, 0.15) is 0 Å². The first kappa shape index (κ1) is 14.9. The third-order valence-electron chi connectivity index (χ3n) is 2.54.